The average Bonchev–Trinajstić information content (AvgIpc) is 2.38. The maximum atomic E-state index is 5.27. The van der Waals surface area contributed by atoms with E-state index in [9.17, 15) is 0 Å². The first kappa shape index (κ1) is 11.7. The lowest BCUT2D eigenvalue weighted by Crippen LogP contribution is -2.50. The Kier molecular flexibility index (Phi) is 2.84. The zero-order valence-corrected chi connectivity index (χ0v) is 11.3. The largest absolute Gasteiger partial charge is 0.497 e. The molecule has 0 bridgehead atoms. The molecular weight excluding hydrogens is 224 g/mol. The Bertz CT molecular complexity index is 446. The van der Waals surface area contributed by atoms with Crippen molar-refractivity contribution in [2.45, 2.75) is 38.1 Å². The Balaban J connectivity index is 1.84. The maximum Gasteiger partial charge on any atom is 0.121 e. The molecule has 0 amide bonds. The first-order valence-electron chi connectivity index (χ1n) is 6.91. The smallest absolute Gasteiger partial charge is 0.121 e. The van der Waals surface area contributed by atoms with Crippen molar-refractivity contribution in [3.63, 3.8) is 0 Å². The second-order valence-electron chi connectivity index (χ2n) is 5.87. The van der Waals surface area contributed by atoms with Crippen LogP contribution in [0.1, 0.15) is 32.6 Å². The van der Waals surface area contributed by atoms with Gasteiger partial charge in [0.15, 0.2) is 0 Å². The van der Waals surface area contributed by atoms with Crippen molar-refractivity contribution in [1.29, 1.82) is 0 Å². The second kappa shape index (κ2) is 4.38. The Morgan fingerprint density at radius 3 is 3.00 bits per heavy atom. The van der Waals surface area contributed by atoms with Gasteiger partial charge in [-0.3, -0.25) is 0 Å². The molecule has 2 N–H and O–H groups in total. The standard InChI is InChI=1S/C15H22N2O/c1-11-4-3-7-15(9-11)10-16-14-8-12(18-2)5-6-13(14)17-15/h5-6,8,11,16-17H,3-4,7,9-10H2,1-2H3. The monoisotopic (exact) mass is 246 g/mol. The molecule has 0 aromatic heterocycles. The summed E-state index contributed by atoms with van der Waals surface area (Å²) < 4.78 is 5.27. The molecule has 1 aliphatic heterocycles. The Labute approximate surface area is 109 Å². The van der Waals surface area contributed by atoms with E-state index in [-0.39, 0.29) is 5.54 Å². The molecule has 3 nitrogen and oxygen atoms in total. The Hall–Kier alpha value is -1.38. The van der Waals surface area contributed by atoms with Gasteiger partial charge in [-0.15, -0.1) is 0 Å². The summed E-state index contributed by atoms with van der Waals surface area (Å²) in [5, 5.41) is 7.35. The number of anilines is 2. The van der Waals surface area contributed by atoms with Crippen LogP contribution in [-0.2, 0) is 0 Å². The van der Waals surface area contributed by atoms with Crippen molar-refractivity contribution >= 4 is 11.4 Å². The molecule has 0 saturated heterocycles. The van der Waals surface area contributed by atoms with Crippen LogP contribution in [0.15, 0.2) is 18.2 Å². The molecule has 98 valence electrons. The molecule has 2 aliphatic rings. The van der Waals surface area contributed by atoms with E-state index in [2.05, 4.69) is 29.7 Å². The minimum absolute atomic E-state index is 0.263. The summed E-state index contributed by atoms with van der Waals surface area (Å²) in [4.78, 5) is 0. The molecule has 2 unspecified atom stereocenters. The summed E-state index contributed by atoms with van der Waals surface area (Å²) in [7, 11) is 1.71. The lowest BCUT2D eigenvalue weighted by molar-refractivity contribution is 0.266. The third-order valence-corrected chi connectivity index (χ3v) is 4.34. The number of ether oxygens (including phenoxy) is 1. The van der Waals surface area contributed by atoms with Crippen LogP contribution in [0.5, 0.6) is 5.75 Å². The summed E-state index contributed by atoms with van der Waals surface area (Å²) in [5.74, 6) is 1.74. The van der Waals surface area contributed by atoms with Gasteiger partial charge in [0.1, 0.15) is 5.75 Å². The summed E-state index contributed by atoms with van der Waals surface area (Å²) in [5.41, 5.74) is 2.65. The van der Waals surface area contributed by atoms with E-state index in [0.29, 0.717) is 0 Å². The van der Waals surface area contributed by atoms with Crippen LogP contribution >= 0.6 is 0 Å². The first-order chi connectivity index (χ1) is 8.71. The number of rotatable bonds is 1. The molecule has 0 radical (unpaired) electrons. The Morgan fingerprint density at radius 2 is 2.22 bits per heavy atom. The van der Waals surface area contributed by atoms with E-state index >= 15 is 0 Å². The molecule has 2 atom stereocenters. The maximum absolute atomic E-state index is 5.27. The third-order valence-electron chi connectivity index (χ3n) is 4.34. The van der Waals surface area contributed by atoms with Gasteiger partial charge < -0.3 is 15.4 Å². The minimum atomic E-state index is 0.263. The zero-order valence-electron chi connectivity index (χ0n) is 11.3. The van der Waals surface area contributed by atoms with E-state index in [1.807, 2.05) is 6.07 Å². The predicted octanol–water partition coefficient (Wildman–Crippen LogP) is 3.48. The van der Waals surface area contributed by atoms with Crippen LogP contribution < -0.4 is 15.4 Å². The number of hydrogen-bond donors (Lipinski definition) is 2. The van der Waals surface area contributed by atoms with Gasteiger partial charge in [-0.25, -0.2) is 0 Å². The predicted molar refractivity (Wildman–Crippen MR) is 75.5 cm³/mol. The van der Waals surface area contributed by atoms with E-state index in [0.717, 1.165) is 18.2 Å². The number of benzene rings is 1. The van der Waals surface area contributed by atoms with Gasteiger partial charge in [-0.05, 0) is 30.9 Å². The third kappa shape index (κ3) is 2.02. The van der Waals surface area contributed by atoms with Gasteiger partial charge in [0, 0.05) is 12.6 Å². The minimum Gasteiger partial charge on any atom is -0.497 e. The van der Waals surface area contributed by atoms with Crippen LogP contribution in [0.2, 0.25) is 0 Å². The highest BCUT2D eigenvalue weighted by Crippen LogP contribution is 2.41. The van der Waals surface area contributed by atoms with E-state index in [1.165, 1.54) is 37.1 Å². The van der Waals surface area contributed by atoms with Crippen LogP contribution in [-0.4, -0.2) is 19.2 Å². The number of fused-ring (bicyclic) bond motifs is 1. The van der Waals surface area contributed by atoms with Gasteiger partial charge in [0.2, 0.25) is 0 Å². The number of methoxy groups -OCH3 is 1. The molecule has 1 fully saturated rings. The number of nitrogens with one attached hydrogen (secondary N) is 2. The van der Waals surface area contributed by atoms with Gasteiger partial charge in [0.05, 0.1) is 24.0 Å². The summed E-state index contributed by atoms with van der Waals surface area (Å²) >= 11 is 0. The van der Waals surface area contributed by atoms with E-state index < -0.39 is 0 Å². The quantitative estimate of drug-likeness (QED) is 0.796. The first-order valence-corrected chi connectivity index (χ1v) is 6.91. The fourth-order valence-corrected chi connectivity index (χ4v) is 3.43. The van der Waals surface area contributed by atoms with Crippen molar-refractivity contribution in [2.24, 2.45) is 5.92 Å². The molecule has 1 aromatic carbocycles. The second-order valence-corrected chi connectivity index (χ2v) is 5.87. The molecule has 1 heterocycles. The zero-order chi connectivity index (χ0) is 12.6. The molecule has 3 heteroatoms. The van der Waals surface area contributed by atoms with Crippen LogP contribution in [0.3, 0.4) is 0 Å². The highest BCUT2D eigenvalue weighted by molar-refractivity contribution is 5.74. The fourth-order valence-electron chi connectivity index (χ4n) is 3.43. The molecule has 1 spiro atoms. The van der Waals surface area contributed by atoms with Crippen molar-refractivity contribution in [3.05, 3.63) is 18.2 Å². The topological polar surface area (TPSA) is 33.3 Å². The summed E-state index contributed by atoms with van der Waals surface area (Å²) in [6, 6.07) is 6.22. The lowest BCUT2D eigenvalue weighted by atomic mass is 9.75. The molecule has 3 rings (SSSR count). The highest BCUT2D eigenvalue weighted by Gasteiger charge is 2.37. The molecule has 1 aliphatic carbocycles. The van der Waals surface area contributed by atoms with Gasteiger partial charge in [-0.2, -0.15) is 0 Å². The van der Waals surface area contributed by atoms with Gasteiger partial charge in [-0.1, -0.05) is 19.8 Å². The van der Waals surface area contributed by atoms with E-state index in [4.69, 9.17) is 4.74 Å². The van der Waals surface area contributed by atoms with E-state index in [1.54, 1.807) is 7.11 Å². The fraction of sp³-hybridized carbons (Fsp3) is 0.600. The normalized spacial score (nSPS) is 30.2. The molecule has 1 saturated carbocycles. The number of hydrogen-bond acceptors (Lipinski definition) is 3. The van der Waals surface area contributed by atoms with Gasteiger partial charge >= 0.3 is 0 Å². The SMILES string of the molecule is COc1ccc2c(c1)NCC1(CCCC(C)C1)N2. The van der Waals surface area contributed by atoms with Crippen LogP contribution in [0.4, 0.5) is 11.4 Å². The average molecular weight is 246 g/mol. The lowest BCUT2D eigenvalue weighted by Gasteiger charge is -2.45. The van der Waals surface area contributed by atoms with Crippen LogP contribution in [0.25, 0.3) is 0 Å². The molecule has 18 heavy (non-hydrogen) atoms. The molecule has 1 aromatic rings. The van der Waals surface area contributed by atoms with Crippen molar-refractivity contribution in [1.82, 2.24) is 0 Å². The summed E-state index contributed by atoms with van der Waals surface area (Å²) in [6.45, 7) is 3.39. The van der Waals surface area contributed by atoms with Crippen molar-refractivity contribution in [3.8, 4) is 5.75 Å². The van der Waals surface area contributed by atoms with Crippen LogP contribution in [0, 0.1) is 5.92 Å². The van der Waals surface area contributed by atoms with Crippen molar-refractivity contribution < 1.29 is 4.74 Å². The Morgan fingerprint density at radius 1 is 1.33 bits per heavy atom. The molecular formula is C15H22N2O. The van der Waals surface area contributed by atoms with Crippen molar-refractivity contribution in [2.75, 3.05) is 24.3 Å². The van der Waals surface area contributed by atoms with Gasteiger partial charge in [0.25, 0.3) is 0 Å². The summed E-state index contributed by atoms with van der Waals surface area (Å²) in [6.07, 6.45) is 5.25. The highest BCUT2D eigenvalue weighted by atomic mass is 16.5.